The Bertz CT molecular complexity index is 1800. The number of benzene rings is 3. The van der Waals surface area contributed by atoms with Gasteiger partial charge in [0.1, 0.15) is 11.4 Å². The number of anilines is 2. The zero-order valence-electron chi connectivity index (χ0n) is 24.8. The van der Waals surface area contributed by atoms with E-state index >= 15 is 0 Å². The van der Waals surface area contributed by atoms with Crippen LogP contribution in [0.25, 0.3) is 21.7 Å². The van der Waals surface area contributed by atoms with Crippen molar-refractivity contribution < 1.29 is 23.9 Å². The van der Waals surface area contributed by atoms with Crippen LogP contribution in [0.15, 0.2) is 48.5 Å². The average molecular weight is 661 g/mol. The molecule has 4 heterocycles. The summed E-state index contributed by atoms with van der Waals surface area (Å²) in [5.74, 6) is 0.351. The maximum Gasteiger partial charge on any atom is 0.415 e. The van der Waals surface area contributed by atoms with Crippen LogP contribution in [0.4, 0.5) is 21.0 Å². The van der Waals surface area contributed by atoms with E-state index in [4.69, 9.17) is 9.47 Å². The van der Waals surface area contributed by atoms with Crippen LogP contribution in [0, 0.1) is 0 Å². The summed E-state index contributed by atoms with van der Waals surface area (Å²) in [6.45, 7) is 5.94. The largest absolute Gasteiger partial charge is 0.449 e. The highest BCUT2D eigenvalue weighted by Crippen LogP contribution is 2.46. The summed E-state index contributed by atoms with van der Waals surface area (Å²) >= 11 is 3.69. The first-order valence-corrected chi connectivity index (χ1v) is 16.2. The van der Waals surface area contributed by atoms with E-state index in [2.05, 4.69) is 25.8 Å². The molecule has 3 aliphatic heterocycles. The quantitative estimate of drug-likeness (QED) is 0.281. The topological polar surface area (TPSA) is 98.4 Å². The van der Waals surface area contributed by atoms with Crippen molar-refractivity contribution in [3.8, 4) is 5.75 Å². The van der Waals surface area contributed by atoms with Crippen molar-refractivity contribution in [3.63, 3.8) is 0 Å². The van der Waals surface area contributed by atoms with Gasteiger partial charge in [-0.25, -0.2) is 9.59 Å². The Morgan fingerprint density at radius 2 is 1.68 bits per heavy atom. The van der Waals surface area contributed by atoms with Gasteiger partial charge in [-0.05, 0) is 55.1 Å². The van der Waals surface area contributed by atoms with Crippen LogP contribution < -0.4 is 14.5 Å². The number of piperazine rings is 1. The molecule has 4 aromatic rings. The van der Waals surface area contributed by atoms with Crippen LogP contribution >= 0.6 is 15.9 Å². The van der Waals surface area contributed by atoms with Gasteiger partial charge in [-0.1, -0.05) is 40.2 Å². The lowest BCUT2D eigenvalue weighted by Crippen LogP contribution is -2.48. The molecule has 0 saturated carbocycles. The molecule has 1 atom stereocenters. The summed E-state index contributed by atoms with van der Waals surface area (Å²) in [6.07, 6.45) is -0.0517. The molecule has 1 saturated heterocycles. The zero-order valence-corrected chi connectivity index (χ0v) is 26.4. The number of ether oxygens (including phenoxy) is 2. The van der Waals surface area contributed by atoms with Gasteiger partial charge >= 0.3 is 12.2 Å². The molecule has 228 valence electrons. The Kier molecular flexibility index (Phi) is 7.45. The Morgan fingerprint density at radius 1 is 0.909 bits per heavy atom. The minimum absolute atomic E-state index is 0.0630. The Balaban J connectivity index is 1.24. The van der Waals surface area contributed by atoms with Crippen LogP contribution in [-0.4, -0.2) is 91.1 Å². The van der Waals surface area contributed by atoms with E-state index in [0.29, 0.717) is 56.0 Å². The summed E-state index contributed by atoms with van der Waals surface area (Å²) in [5, 5.41) is 3.42. The molecule has 3 aromatic carbocycles. The normalized spacial score (nSPS) is 18.2. The molecule has 10 nitrogen and oxygen atoms in total. The third kappa shape index (κ3) is 4.78. The molecule has 0 radical (unpaired) electrons. The van der Waals surface area contributed by atoms with Crippen molar-refractivity contribution in [2.24, 2.45) is 0 Å². The van der Waals surface area contributed by atoms with E-state index in [1.54, 1.807) is 21.6 Å². The zero-order chi connectivity index (χ0) is 30.5. The second-order valence-corrected chi connectivity index (χ2v) is 12.2. The molecular weight excluding hydrogens is 626 g/mol. The van der Waals surface area contributed by atoms with Gasteiger partial charge in [0.05, 0.1) is 18.0 Å². The molecule has 1 fully saturated rings. The van der Waals surface area contributed by atoms with Crippen molar-refractivity contribution in [2.45, 2.75) is 19.3 Å². The highest BCUT2D eigenvalue weighted by molar-refractivity contribution is 9.09. The number of carbonyl (C=O) groups is 3. The summed E-state index contributed by atoms with van der Waals surface area (Å²) < 4.78 is 11.3. The van der Waals surface area contributed by atoms with Crippen molar-refractivity contribution in [1.29, 1.82) is 0 Å². The number of H-pyrrole nitrogens is 1. The van der Waals surface area contributed by atoms with Crippen molar-refractivity contribution in [2.75, 3.05) is 68.1 Å². The average Bonchev–Trinajstić information content (AvgIpc) is 3.76. The number of hydrogen-bond donors (Lipinski definition) is 1. The highest BCUT2D eigenvalue weighted by atomic mass is 79.9. The lowest BCUT2D eigenvalue weighted by molar-refractivity contribution is 0.0984. The van der Waals surface area contributed by atoms with Crippen LogP contribution in [0.2, 0.25) is 0 Å². The van der Waals surface area contributed by atoms with Gasteiger partial charge in [0.2, 0.25) is 0 Å². The van der Waals surface area contributed by atoms with E-state index in [0.717, 1.165) is 57.3 Å². The maximum atomic E-state index is 14.2. The molecule has 1 aromatic heterocycles. The molecule has 0 bridgehead atoms. The molecule has 3 aliphatic rings. The lowest BCUT2D eigenvalue weighted by atomic mass is 9.95. The van der Waals surface area contributed by atoms with Gasteiger partial charge in [-0.2, -0.15) is 0 Å². The number of hydrogen-bond acceptors (Lipinski definition) is 6. The Morgan fingerprint density at radius 3 is 2.43 bits per heavy atom. The molecule has 44 heavy (non-hydrogen) atoms. The number of likely N-dealkylation sites (N-methyl/N-ethyl adjacent to an activating group) is 1. The standard InChI is InChI=1S/C33H34BrN5O5/c1-3-43-33(42)38-11-10-21-24-16-26(35-25(24)8-9-27(21)38)31(40)39-19-20(18-34)30-23-7-5-4-6-22(23)29(17-28(30)39)44-32(41)37-14-12-36(2)13-15-37/h4-9,16-17,20,35H,3,10-15,18-19H2,1-2H3/t20-/m1/s1. The van der Waals surface area contributed by atoms with Gasteiger partial charge in [0, 0.05) is 72.9 Å². The van der Waals surface area contributed by atoms with E-state index < -0.39 is 0 Å². The van der Waals surface area contributed by atoms with Crippen LogP contribution in [0.1, 0.15) is 34.5 Å². The third-order valence-electron chi connectivity index (χ3n) is 9.00. The number of aromatic nitrogens is 1. The van der Waals surface area contributed by atoms with Gasteiger partial charge in [0.15, 0.2) is 0 Å². The fraction of sp³-hybridized carbons (Fsp3) is 0.364. The first-order valence-electron chi connectivity index (χ1n) is 15.1. The molecular formula is C33H34BrN5O5. The first-order chi connectivity index (χ1) is 21.4. The number of carbonyl (C=O) groups excluding carboxylic acids is 3. The first kappa shape index (κ1) is 28.7. The van der Waals surface area contributed by atoms with E-state index in [1.165, 1.54) is 0 Å². The molecule has 1 N–H and O–H groups in total. The second-order valence-electron chi connectivity index (χ2n) is 11.6. The van der Waals surface area contributed by atoms with E-state index in [-0.39, 0.29) is 24.0 Å². The van der Waals surface area contributed by atoms with Gasteiger partial charge in [0.25, 0.3) is 5.91 Å². The van der Waals surface area contributed by atoms with Crippen LogP contribution in [0.5, 0.6) is 5.75 Å². The fourth-order valence-corrected chi connectivity index (χ4v) is 7.26. The Labute approximate surface area is 263 Å². The predicted molar refractivity (Wildman–Crippen MR) is 174 cm³/mol. The van der Waals surface area contributed by atoms with Crippen molar-refractivity contribution >= 4 is 67.1 Å². The predicted octanol–water partition coefficient (Wildman–Crippen LogP) is 5.73. The van der Waals surface area contributed by atoms with Crippen LogP contribution in [-0.2, 0) is 11.2 Å². The van der Waals surface area contributed by atoms with E-state index in [9.17, 15) is 14.4 Å². The van der Waals surface area contributed by atoms with Crippen molar-refractivity contribution in [1.82, 2.24) is 14.8 Å². The van der Waals surface area contributed by atoms with Gasteiger partial charge in [-0.15, -0.1) is 0 Å². The SMILES string of the molecule is CCOC(=O)N1CCc2c1ccc1[nH]c(C(=O)N3C[C@@H](CBr)c4c3cc(OC(=O)N3CCN(C)CC3)c3ccccc43)cc21. The second kappa shape index (κ2) is 11.4. The van der Waals surface area contributed by atoms with Gasteiger partial charge < -0.3 is 29.2 Å². The maximum absolute atomic E-state index is 14.2. The molecule has 3 amide bonds. The minimum atomic E-state index is -0.377. The summed E-state index contributed by atoms with van der Waals surface area (Å²) in [5.41, 5.74) is 4.96. The summed E-state index contributed by atoms with van der Waals surface area (Å²) in [6, 6.07) is 15.5. The van der Waals surface area contributed by atoms with Crippen LogP contribution in [0.3, 0.4) is 0 Å². The third-order valence-corrected chi connectivity index (χ3v) is 9.79. The Hall–Kier alpha value is -4.09. The highest BCUT2D eigenvalue weighted by Gasteiger charge is 2.36. The number of nitrogens with zero attached hydrogens (tertiary/aromatic N) is 4. The van der Waals surface area contributed by atoms with Gasteiger partial charge in [-0.3, -0.25) is 9.69 Å². The fourth-order valence-electron chi connectivity index (χ4n) is 6.73. The van der Waals surface area contributed by atoms with E-state index in [1.807, 2.05) is 55.6 Å². The smallest absolute Gasteiger partial charge is 0.415 e. The summed E-state index contributed by atoms with van der Waals surface area (Å²) in [7, 11) is 2.04. The lowest BCUT2D eigenvalue weighted by Gasteiger charge is -2.31. The molecule has 7 rings (SSSR count). The number of fused-ring (bicyclic) bond motifs is 6. The molecule has 0 aliphatic carbocycles. The number of alkyl halides is 1. The number of halogens is 1. The van der Waals surface area contributed by atoms with Crippen molar-refractivity contribution in [3.05, 3.63) is 65.4 Å². The number of nitrogens with one attached hydrogen (secondary N) is 1. The molecule has 0 spiro atoms. The monoisotopic (exact) mass is 659 g/mol. The summed E-state index contributed by atoms with van der Waals surface area (Å²) in [4.78, 5) is 50.6. The number of amides is 3. The molecule has 11 heteroatoms. The molecule has 0 unspecified atom stereocenters. The minimum Gasteiger partial charge on any atom is -0.449 e. The number of rotatable bonds is 4. The number of aromatic amines is 1.